The van der Waals surface area contributed by atoms with Gasteiger partial charge in [0.25, 0.3) is 0 Å². The van der Waals surface area contributed by atoms with Gasteiger partial charge in [-0.05, 0) is 19.3 Å². The molecule has 94 valence electrons. The molecule has 1 aromatic rings. The third-order valence-corrected chi connectivity index (χ3v) is 3.10. The van der Waals surface area contributed by atoms with Crippen LogP contribution >= 0.6 is 0 Å². The summed E-state index contributed by atoms with van der Waals surface area (Å²) in [6, 6.07) is -0.196. The monoisotopic (exact) mass is 238 g/mol. The molecule has 0 aliphatic carbocycles. The number of aromatic nitrogens is 3. The molecule has 2 unspecified atom stereocenters. The molecule has 1 fully saturated rings. The van der Waals surface area contributed by atoms with Gasteiger partial charge in [-0.15, -0.1) is 0 Å². The Morgan fingerprint density at radius 2 is 2.47 bits per heavy atom. The highest BCUT2D eigenvalue weighted by atomic mass is 16.4. The number of aryl methyl sites for hydroxylation is 1. The van der Waals surface area contributed by atoms with Crippen LogP contribution in [-0.2, 0) is 17.8 Å². The summed E-state index contributed by atoms with van der Waals surface area (Å²) in [7, 11) is 0. The summed E-state index contributed by atoms with van der Waals surface area (Å²) >= 11 is 0. The average Bonchev–Trinajstić information content (AvgIpc) is 2.90. The smallest absolute Gasteiger partial charge is 0.320 e. The number of carboxylic acids is 1. The molecule has 17 heavy (non-hydrogen) atoms. The minimum absolute atomic E-state index is 0.205. The van der Waals surface area contributed by atoms with Gasteiger partial charge in [0.15, 0.2) is 0 Å². The highest BCUT2D eigenvalue weighted by Crippen LogP contribution is 2.15. The number of rotatable bonds is 5. The summed E-state index contributed by atoms with van der Waals surface area (Å²) in [6.07, 6.45) is 4.92. The minimum atomic E-state index is -0.762. The lowest BCUT2D eigenvalue weighted by atomic mass is 10.1. The highest BCUT2D eigenvalue weighted by molar-refractivity contribution is 5.73. The van der Waals surface area contributed by atoms with Crippen LogP contribution in [0.4, 0.5) is 0 Å². The van der Waals surface area contributed by atoms with E-state index in [1.165, 1.54) is 0 Å². The zero-order valence-corrected chi connectivity index (χ0v) is 9.96. The van der Waals surface area contributed by atoms with Crippen LogP contribution in [0.3, 0.4) is 0 Å². The lowest BCUT2D eigenvalue weighted by molar-refractivity contribution is -0.139. The van der Waals surface area contributed by atoms with Gasteiger partial charge in [-0.1, -0.05) is 6.92 Å². The van der Waals surface area contributed by atoms with Gasteiger partial charge < -0.3 is 10.4 Å². The van der Waals surface area contributed by atoms with Crippen molar-refractivity contribution in [3.8, 4) is 0 Å². The van der Waals surface area contributed by atoms with Gasteiger partial charge in [-0.3, -0.25) is 9.48 Å². The molecule has 0 aromatic carbocycles. The molecule has 1 saturated heterocycles. The molecule has 2 heterocycles. The Labute approximate surface area is 100 Å². The standard InChI is InChI=1S/C11H18N4O2/c1-2-5-15-10(12-7-13-15)6-8-3-4-9(14-8)11(16)17/h7-9,14H,2-6H2,1H3,(H,16,17). The first kappa shape index (κ1) is 12.0. The molecule has 0 bridgehead atoms. The van der Waals surface area contributed by atoms with Crippen LogP contribution < -0.4 is 5.32 Å². The van der Waals surface area contributed by atoms with Crippen LogP contribution in [0.1, 0.15) is 32.0 Å². The van der Waals surface area contributed by atoms with Crippen molar-refractivity contribution in [3.63, 3.8) is 0 Å². The van der Waals surface area contributed by atoms with E-state index in [1.807, 2.05) is 4.68 Å². The zero-order chi connectivity index (χ0) is 12.3. The Morgan fingerprint density at radius 1 is 1.65 bits per heavy atom. The van der Waals surface area contributed by atoms with Crippen LogP contribution in [-0.4, -0.2) is 37.9 Å². The van der Waals surface area contributed by atoms with E-state index in [1.54, 1.807) is 6.33 Å². The molecule has 1 aliphatic rings. The third kappa shape index (κ3) is 2.82. The summed E-state index contributed by atoms with van der Waals surface area (Å²) in [4.78, 5) is 15.1. The Hall–Kier alpha value is -1.43. The number of hydrogen-bond donors (Lipinski definition) is 2. The highest BCUT2D eigenvalue weighted by Gasteiger charge is 2.29. The summed E-state index contributed by atoms with van der Waals surface area (Å²) in [6.45, 7) is 2.96. The van der Waals surface area contributed by atoms with Crippen molar-refractivity contribution in [2.24, 2.45) is 0 Å². The predicted molar refractivity (Wildman–Crippen MR) is 61.6 cm³/mol. The Bertz CT molecular complexity index is 391. The molecule has 0 saturated carbocycles. The van der Waals surface area contributed by atoms with E-state index < -0.39 is 12.0 Å². The summed E-state index contributed by atoms with van der Waals surface area (Å²) in [5, 5.41) is 16.2. The third-order valence-electron chi connectivity index (χ3n) is 3.10. The van der Waals surface area contributed by atoms with Crippen LogP contribution in [0.2, 0.25) is 0 Å². The molecular formula is C11H18N4O2. The van der Waals surface area contributed by atoms with Crippen molar-refractivity contribution in [1.82, 2.24) is 20.1 Å². The van der Waals surface area contributed by atoms with E-state index in [9.17, 15) is 4.79 Å². The van der Waals surface area contributed by atoms with Gasteiger partial charge in [0.1, 0.15) is 18.2 Å². The molecule has 0 radical (unpaired) electrons. The molecule has 2 rings (SSSR count). The SMILES string of the molecule is CCCn1ncnc1CC1CCC(C(=O)O)N1. The maximum atomic E-state index is 10.8. The fraction of sp³-hybridized carbons (Fsp3) is 0.727. The summed E-state index contributed by atoms with van der Waals surface area (Å²) in [5.74, 6) is 0.179. The molecule has 2 atom stereocenters. The first-order chi connectivity index (χ1) is 8.20. The lowest BCUT2D eigenvalue weighted by Gasteiger charge is -2.11. The maximum Gasteiger partial charge on any atom is 0.320 e. The van der Waals surface area contributed by atoms with Gasteiger partial charge in [-0.2, -0.15) is 5.10 Å². The van der Waals surface area contributed by atoms with Crippen molar-refractivity contribution in [2.75, 3.05) is 0 Å². The maximum absolute atomic E-state index is 10.8. The molecule has 1 aliphatic heterocycles. The molecule has 1 aromatic heterocycles. The fourth-order valence-corrected chi connectivity index (χ4v) is 2.24. The summed E-state index contributed by atoms with van der Waals surface area (Å²) < 4.78 is 1.90. The van der Waals surface area contributed by atoms with E-state index in [0.717, 1.165) is 31.6 Å². The van der Waals surface area contributed by atoms with E-state index in [4.69, 9.17) is 5.11 Å². The van der Waals surface area contributed by atoms with E-state index in [2.05, 4.69) is 22.3 Å². The van der Waals surface area contributed by atoms with Gasteiger partial charge >= 0.3 is 5.97 Å². The zero-order valence-electron chi connectivity index (χ0n) is 9.96. The largest absolute Gasteiger partial charge is 0.480 e. The number of aliphatic carboxylic acids is 1. The minimum Gasteiger partial charge on any atom is -0.480 e. The van der Waals surface area contributed by atoms with Crippen molar-refractivity contribution in [3.05, 3.63) is 12.2 Å². The average molecular weight is 238 g/mol. The van der Waals surface area contributed by atoms with E-state index in [0.29, 0.717) is 6.42 Å². The van der Waals surface area contributed by atoms with Gasteiger partial charge in [0, 0.05) is 19.0 Å². The second-order valence-electron chi connectivity index (χ2n) is 4.44. The van der Waals surface area contributed by atoms with Crippen LogP contribution in [0, 0.1) is 0 Å². The molecule has 6 heteroatoms. The molecule has 0 amide bonds. The predicted octanol–water partition coefficient (Wildman–Crippen LogP) is 0.436. The Balaban J connectivity index is 1.93. The Kier molecular flexibility index (Phi) is 3.73. The van der Waals surface area contributed by atoms with Crippen LogP contribution in [0.5, 0.6) is 0 Å². The normalized spacial score (nSPS) is 24.1. The van der Waals surface area contributed by atoms with Crippen LogP contribution in [0.15, 0.2) is 6.33 Å². The van der Waals surface area contributed by atoms with Gasteiger partial charge in [0.2, 0.25) is 0 Å². The van der Waals surface area contributed by atoms with Gasteiger partial charge in [0.05, 0.1) is 0 Å². The first-order valence-corrected chi connectivity index (χ1v) is 6.06. The fourth-order valence-electron chi connectivity index (χ4n) is 2.24. The van der Waals surface area contributed by atoms with Crippen molar-refractivity contribution < 1.29 is 9.90 Å². The molecule has 6 nitrogen and oxygen atoms in total. The molecular weight excluding hydrogens is 220 g/mol. The number of nitrogens with one attached hydrogen (secondary N) is 1. The van der Waals surface area contributed by atoms with Crippen LogP contribution in [0.25, 0.3) is 0 Å². The van der Waals surface area contributed by atoms with Crippen molar-refractivity contribution in [2.45, 2.75) is 51.2 Å². The van der Waals surface area contributed by atoms with E-state index in [-0.39, 0.29) is 6.04 Å². The Morgan fingerprint density at radius 3 is 3.12 bits per heavy atom. The van der Waals surface area contributed by atoms with E-state index >= 15 is 0 Å². The second-order valence-corrected chi connectivity index (χ2v) is 4.44. The topological polar surface area (TPSA) is 80.0 Å². The number of nitrogens with zero attached hydrogens (tertiary/aromatic N) is 3. The second kappa shape index (κ2) is 5.27. The molecule has 2 N–H and O–H groups in total. The number of hydrogen-bond acceptors (Lipinski definition) is 4. The summed E-state index contributed by atoms with van der Waals surface area (Å²) in [5.41, 5.74) is 0. The lowest BCUT2D eigenvalue weighted by Crippen LogP contribution is -2.36. The van der Waals surface area contributed by atoms with Crippen molar-refractivity contribution >= 4 is 5.97 Å². The number of carbonyl (C=O) groups is 1. The van der Waals surface area contributed by atoms with Gasteiger partial charge in [-0.25, -0.2) is 4.98 Å². The number of carboxylic acid groups (broad SMARTS) is 1. The molecule has 0 spiro atoms. The van der Waals surface area contributed by atoms with Crippen molar-refractivity contribution in [1.29, 1.82) is 0 Å². The quantitative estimate of drug-likeness (QED) is 0.778. The first-order valence-electron chi connectivity index (χ1n) is 6.06.